The van der Waals surface area contributed by atoms with Crippen molar-refractivity contribution in [1.82, 2.24) is 4.90 Å². The molecule has 0 bridgehead atoms. The third-order valence-corrected chi connectivity index (χ3v) is 2.57. The van der Waals surface area contributed by atoms with E-state index in [9.17, 15) is 0 Å². The number of phenolic OH excluding ortho intramolecular Hbond substituents is 1. The molecule has 1 aliphatic heterocycles. The molecule has 0 radical (unpaired) electrons. The van der Waals surface area contributed by atoms with Gasteiger partial charge in [0, 0.05) is 5.69 Å². The second-order valence-electron chi connectivity index (χ2n) is 3.71. The molecule has 1 heterocycles. The van der Waals surface area contributed by atoms with Gasteiger partial charge in [0.15, 0.2) is 0 Å². The van der Waals surface area contributed by atoms with Gasteiger partial charge in [0.25, 0.3) is 0 Å². The molecule has 1 aliphatic rings. The molecule has 1 saturated heterocycles. The highest BCUT2D eigenvalue weighted by Gasteiger charge is 2.09. The maximum Gasteiger partial charge on any atom is 0.115 e. The summed E-state index contributed by atoms with van der Waals surface area (Å²) in [5.41, 5.74) is 1.06. The topological polar surface area (TPSA) is 35.5 Å². The molecule has 0 aromatic heterocycles. The van der Waals surface area contributed by atoms with Gasteiger partial charge in [-0.1, -0.05) is 0 Å². The lowest BCUT2D eigenvalue weighted by Gasteiger charge is -2.16. The Balaban J connectivity index is 1.82. The number of phenols is 1. The van der Waals surface area contributed by atoms with E-state index in [0.717, 1.165) is 12.4 Å². The van der Waals surface area contributed by atoms with E-state index < -0.39 is 0 Å². The average molecular weight is 192 g/mol. The van der Waals surface area contributed by atoms with E-state index in [4.69, 9.17) is 5.11 Å². The molecule has 3 nitrogen and oxygen atoms in total. The van der Waals surface area contributed by atoms with E-state index in [1.807, 2.05) is 12.1 Å². The highest BCUT2D eigenvalue weighted by atomic mass is 16.3. The number of nitrogens with one attached hydrogen (secondary N) is 1. The van der Waals surface area contributed by atoms with Crippen molar-refractivity contribution in [3.05, 3.63) is 24.3 Å². The number of hydrogen-bond acceptors (Lipinski definition) is 3. The highest BCUT2D eigenvalue weighted by molar-refractivity contribution is 5.45. The number of hydrogen-bond donors (Lipinski definition) is 2. The monoisotopic (exact) mass is 192 g/mol. The quantitative estimate of drug-likeness (QED) is 0.717. The number of rotatable bonds is 3. The van der Waals surface area contributed by atoms with Crippen molar-refractivity contribution in [1.29, 1.82) is 0 Å². The van der Waals surface area contributed by atoms with E-state index in [0.29, 0.717) is 5.75 Å². The van der Waals surface area contributed by atoms with Gasteiger partial charge >= 0.3 is 0 Å². The van der Waals surface area contributed by atoms with E-state index in [1.165, 1.54) is 25.9 Å². The van der Waals surface area contributed by atoms with Crippen molar-refractivity contribution in [3.8, 4) is 5.75 Å². The van der Waals surface area contributed by atoms with Gasteiger partial charge in [0.05, 0.1) is 6.67 Å². The zero-order chi connectivity index (χ0) is 9.80. The Labute approximate surface area is 84.4 Å². The standard InChI is InChI=1S/C11H16N2O/c14-11-5-3-10(4-6-11)12-9-13-7-1-2-8-13/h3-6,12,14H,1-2,7-9H2. The fourth-order valence-electron chi connectivity index (χ4n) is 1.72. The van der Waals surface area contributed by atoms with Crippen LogP contribution < -0.4 is 5.32 Å². The molecule has 1 fully saturated rings. The van der Waals surface area contributed by atoms with Gasteiger partial charge in [0.1, 0.15) is 5.75 Å². The van der Waals surface area contributed by atoms with Crippen LogP contribution in [-0.4, -0.2) is 29.8 Å². The third kappa shape index (κ3) is 2.39. The van der Waals surface area contributed by atoms with Crippen molar-refractivity contribution in [2.24, 2.45) is 0 Å². The molecule has 76 valence electrons. The normalized spacial score (nSPS) is 17.1. The number of anilines is 1. The maximum atomic E-state index is 9.10. The van der Waals surface area contributed by atoms with Crippen LogP contribution in [0.5, 0.6) is 5.75 Å². The van der Waals surface area contributed by atoms with Crippen molar-refractivity contribution in [2.45, 2.75) is 12.8 Å². The van der Waals surface area contributed by atoms with Gasteiger partial charge in [-0.15, -0.1) is 0 Å². The molecule has 0 amide bonds. The zero-order valence-corrected chi connectivity index (χ0v) is 8.24. The molecule has 0 saturated carbocycles. The van der Waals surface area contributed by atoms with Gasteiger partial charge in [-0.2, -0.15) is 0 Å². The van der Waals surface area contributed by atoms with E-state index in [-0.39, 0.29) is 0 Å². The first-order chi connectivity index (χ1) is 6.84. The lowest BCUT2D eigenvalue weighted by atomic mass is 10.3. The summed E-state index contributed by atoms with van der Waals surface area (Å²) >= 11 is 0. The second-order valence-corrected chi connectivity index (χ2v) is 3.71. The second kappa shape index (κ2) is 4.33. The Hall–Kier alpha value is -1.22. The largest absolute Gasteiger partial charge is 0.508 e. The average Bonchev–Trinajstić information content (AvgIpc) is 2.70. The summed E-state index contributed by atoms with van der Waals surface area (Å²) in [7, 11) is 0. The van der Waals surface area contributed by atoms with Crippen LogP contribution in [0.3, 0.4) is 0 Å². The van der Waals surface area contributed by atoms with Crippen molar-refractivity contribution in [3.63, 3.8) is 0 Å². The Morgan fingerprint density at radius 3 is 2.43 bits per heavy atom. The smallest absolute Gasteiger partial charge is 0.115 e. The summed E-state index contributed by atoms with van der Waals surface area (Å²) in [6.07, 6.45) is 2.63. The summed E-state index contributed by atoms with van der Waals surface area (Å²) in [4.78, 5) is 2.40. The van der Waals surface area contributed by atoms with Crippen LogP contribution in [-0.2, 0) is 0 Å². The summed E-state index contributed by atoms with van der Waals surface area (Å²) in [5, 5.41) is 12.4. The third-order valence-electron chi connectivity index (χ3n) is 2.57. The van der Waals surface area contributed by atoms with Crippen molar-refractivity contribution in [2.75, 3.05) is 25.1 Å². The van der Waals surface area contributed by atoms with Gasteiger partial charge < -0.3 is 10.4 Å². The molecule has 0 aliphatic carbocycles. The van der Waals surface area contributed by atoms with Crippen LogP contribution in [0.4, 0.5) is 5.69 Å². The van der Waals surface area contributed by atoms with Gasteiger partial charge in [-0.05, 0) is 50.2 Å². The lowest BCUT2D eigenvalue weighted by molar-refractivity contribution is 0.364. The molecule has 2 N–H and O–H groups in total. The first-order valence-corrected chi connectivity index (χ1v) is 5.10. The first kappa shape index (κ1) is 9.34. The molecule has 1 aromatic carbocycles. The predicted octanol–water partition coefficient (Wildman–Crippen LogP) is 1.86. The Morgan fingerprint density at radius 1 is 1.14 bits per heavy atom. The minimum absolute atomic E-state index is 0.316. The van der Waals surface area contributed by atoms with E-state index in [1.54, 1.807) is 12.1 Å². The van der Waals surface area contributed by atoms with Crippen LogP contribution >= 0.6 is 0 Å². The number of benzene rings is 1. The molecule has 1 aromatic rings. The number of likely N-dealkylation sites (tertiary alicyclic amines) is 1. The van der Waals surface area contributed by atoms with Gasteiger partial charge in [-0.3, -0.25) is 4.90 Å². The summed E-state index contributed by atoms with van der Waals surface area (Å²) in [5.74, 6) is 0.316. The first-order valence-electron chi connectivity index (χ1n) is 5.10. The molecule has 14 heavy (non-hydrogen) atoms. The van der Waals surface area contributed by atoms with Crippen LogP contribution in [0.15, 0.2) is 24.3 Å². The number of nitrogens with zero attached hydrogens (tertiary/aromatic N) is 1. The van der Waals surface area contributed by atoms with Crippen LogP contribution in [0.25, 0.3) is 0 Å². The van der Waals surface area contributed by atoms with Crippen molar-refractivity contribution < 1.29 is 5.11 Å². The zero-order valence-electron chi connectivity index (χ0n) is 8.24. The summed E-state index contributed by atoms with van der Waals surface area (Å²) < 4.78 is 0. The number of aromatic hydroxyl groups is 1. The van der Waals surface area contributed by atoms with Gasteiger partial charge in [-0.25, -0.2) is 0 Å². The van der Waals surface area contributed by atoms with Crippen LogP contribution in [0.1, 0.15) is 12.8 Å². The summed E-state index contributed by atoms with van der Waals surface area (Å²) in [6.45, 7) is 3.31. The van der Waals surface area contributed by atoms with Gasteiger partial charge in [0.2, 0.25) is 0 Å². The molecule has 0 spiro atoms. The Bertz CT molecular complexity index is 278. The fourth-order valence-corrected chi connectivity index (χ4v) is 1.72. The molecule has 0 unspecified atom stereocenters. The molecule has 0 atom stereocenters. The highest BCUT2D eigenvalue weighted by Crippen LogP contribution is 2.14. The molecular weight excluding hydrogens is 176 g/mol. The molecule has 2 rings (SSSR count). The van der Waals surface area contributed by atoms with Crippen LogP contribution in [0, 0.1) is 0 Å². The molecule has 3 heteroatoms. The minimum atomic E-state index is 0.316. The minimum Gasteiger partial charge on any atom is -0.508 e. The lowest BCUT2D eigenvalue weighted by Crippen LogP contribution is -2.25. The Morgan fingerprint density at radius 2 is 1.79 bits per heavy atom. The fraction of sp³-hybridized carbons (Fsp3) is 0.455. The predicted molar refractivity (Wildman–Crippen MR) is 57.4 cm³/mol. The summed E-state index contributed by atoms with van der Waals surface area (Å²) in [6, 6.07) is 7.19. The van der Waals surface area contributed by atoms with E-state index >= 15 is 0 Å². The molecular formula is C11H16N2O. The maximum absolute atomic E-state index is 9.10. The van der Waals surface area contributed by atoms with Crippen molar-refractivity contribution >= 4 is 5.69 Å². The van der Waals surface area contributed by atoms with E-state index in [2.05, 4.69) is 10.2 Å². The van der Waals surface area contributed by atoms with Crippen LogP contribution in [0.2, 0.25) is 0 Å². The SMILES string of the molecule is Oc1ccc(NCN2CCCC2)cc1. The Kier molecular flexibility index (Phi) is 2.89.